The molecule has 1 aliphatic carbocycles. The van der Waals surface area contributed by atoms with Gasteiger partial charge in [0.25, 0.3) is 0 Å². The average Bonchev–Trinajstić information content (AvgIpc) is 3.55. The van der Waals surface area contributed by atoms with Crippen LogP contribution in [0.15, 0.2) is 48.5 Å². The van der Waals surface area contributed by atoms with Gasteiger partial charge in [0.15, 0.2) is 10.2 Å². The summed E-state index contributed by atoms with van der Waals surface area (Å²) in [6.07, 6.45) is 31.0. The van der Waals surface area contributed by atoms with Crippen molar-refractivity contribution in [2.75, 3.05) is 12.4 Å². The van der Waals surface area contributed by atoms with E-state index in [4.69, 9.17) is 4.74 Å². The molecular weight excluding hydrogens is 743 g/mol. The fourth-order valence-electron chi connectivity index (χ4n) is 8.35. The number of aliphatic carboxylic acids is 1. The molecule has 0 saturated heterocycles. The second kappa shape index (κ2) is 30.8. The van der Waals surface area contributed by atoms with Crippen molar-refractivity contribution in [3.8, 4) is 11.1 Å². The van der Waals surface area contributed by atoms with E-state index in [1.807, 2.05) is 36.4 Å². The molecule has 1 aliphatic rings. The highest BCUT2D eigenvalue weighted by Gasteiger charge is 2.32. The van der Waals surface area contributed by atoms with Crippen LogP contribution in [0.5, 0.6) is 0 Å². The van der Waals surface area contributed by atoms with Crippen LogP contribution in [0.4, 0.5) is 4.79 Å². The predicted octanol–water partition coefficient (Wildman–Crippen LogP) is 14.0. The third kappa shape index (κ3) is 19.3. The summed E-state index contributed by atoms with van der Waals surface area (Å²) >= 11 is 0. The first-order valence-electron chi connectivity index (χ1n) is 23.5. The zero-order valence-corrected chi connectivity index (χ0v) is 37.3. The number of carboxylic acids is 1. The molecule has 0 heterocycles. The highest BCUT2D eigenvalue weighted by molar-refractivity contribution is 8.41. The largest absolute Gasteiger partial charge is 0.480 e. The molecule has 2 aromatic rings. The maximum atomic E-state index is 13.7. The summed E-state index contributed by atoms with van der Waals surface area (Å²) in [7, 11) is -1.88. The number of carbonyl (C=O) groups excluding carboxylic acids is 3. The van der Waals surface area contributed by atoms with Gasteiger partial charge in [0.1, 0.15) is 12.6 Å². The normalized spacial score (nSPS) is 12.8. The standard InChI is InChI=1S/C50H79NO6S/c1-3-5-7-9-11-13-15-17-19-21-23-25-27-37-47(52)58(48(53)38-28-26-24-22-20-18-16-14-12-10-8-6-4-2)40-46(49(54)55)51-50(56)57-39-45-43-35-31-29-33-41(43)42-34-30-32-36-44(42)45/h29-36,45-46,58H,3-28,37-40H2,1-2H3,(H,51,56)(H,54,55)/t46-/m0/s1. The summed E-state index contributed by atoms with van der Waals surface area (Å²) in [4.78, 5) is 52.9. The minimum absolute atomic E-state index is 0.0525. The molecule has 0 saturated carbocycles. The molecule has 0 aromatic heterocycles. The van der Waals surface area contributed by atoms with Gasteiger partial charge in [0.2, 0.25) is 0 Å². The number of rotatable bonds is 34. The summed E-state index contributed by atoms with van der Waals surface area (Å²) in [6.45, 7) is 4.55. The molecule has 0 bridgehead atoms. The van der Waals surface area contributed by atoms with Crippen molar-refractivity contribution in [2.45, 2.75) is 206 Å². The van der Waals surface area contributed by atoms with Crippen LogP contribution in [0.1, 0.15) is 211 Å². The van der Waals surface area contributed by atoms with Crippen molar-refractivity contribution < 1.29 is 29.0 Å². The Hall–Kier alpha value is -3.13. The lowest BCUT2D eigenvalue weighted by molar-refractivity contribution is -0.138. The van der Waals surface area contributed by atoms with Crippen LogP contribution < -0.4 is 5.32 Å². The summed E-state index contributed by atoms with van der Waals surface area (Å²) < 4.78 is 5.65. The number of fused-ring (bicyclic) bond motifs is 3. The molecule has 1 atom stereocenters. The number of unbranched alkanes of at least 4 members (excludes halogenated alkanes) is 24. The van der Waals surface area contributed by atoms with E-state index in [-0.39, 0.29) is 41.3 Å². The lowest BCUT2D eigenvalue weighted by Gasteiger charge is -2.24. The van der Waals surface area contributed by atoms with E-state index in [1.54, 1.807) is 0 Å². The highest BCUT2D eigenvalue weighted by Crippen LogP contribution is 2.44. The first-order chi connectivity index (χ1) is 28.4. The number of hydrogen-bond donors (Lipinski definition) is 3. The fraction of sp³-hybridized carbons (Fsp3) is 0.680. The second-order valence-corrected chi connectivity index (χ2v) is 19.0. The number of benzene rings is 2. The maximum Gasteiger partial charge on any atom is 0.407 e. The molecule has 1 amide bonds. The van der Waals surface area contributed by atoms with E-state index in [0.717, 1.165) is 60.8 Å². The second-order valence-electron chi connectivity index (χ2n) is 16.7. The highest BCUT2D eigenvalue weighted by atomic mass is 32.2. The number of amides is 1. The van der Waals surface area contributed by atoms with Crippen LogP contribution in [-0.2, 0) is 19.1 Å². The molecule has 0 fully saturated rings. The van der Waals surface area contributed by atoms with Crippen molar-refractivity contribution >= 4 is 33.2 Å². The molecule has 58 heavy (non-hydrogen) atoms. The van der Waals surface area contributed by atoms with Crippen molar-refractivity contribution in [1.29, 1.82) is 0 Å². The van der Waals surface area contributed by atoms with Gasteiger partial charge in [-0.2, -0.15) is 0 Å². The van der Waals surface area contributed by atoms with Gasteiger partial charge < -0.3 is 15.2 Å². The van der Waals surface area contributed by atoms with Gasteiger partial charge in [-0.3, -0.25) is 9.59 Å². The maximum absolute atomic E-state index is 13.7. The van der Waals surface area contributed by atoms with Crippen LogP contribution in [0.2, 0.25) is 0 Å². The molecule has 2 aromatic carbocycles. The molecule has 7 nitrogen and oxygen atoms in total. The van der Waals surface area contributed by atoms with E-state index in [1.165, 1.54) is 116 Å². The van der Waals surface area contributed by atoms with E-state index >= 15 is 0 Å². The third-order valence-electron chi connectivity index (χ3n) is 11.9. The zero-order chi connectivity index (χ0) is 41.6. The van der Waals surface area contributed by atoms with Crippen LogP contribution >= 0.6 is 10.9 Å². The number of thiol groups is 1. The van der Waals surface area contributed by atoms with Crippen molar-refractivity contribution in [1.82, 2.24) is 5.32 Å². The quantitative estimate of drug-likeness (QED) is 0.0479. The molecule has 0 aliphatic heterocycles. The lowest BCUT2D eigenvalue weighted by Crippen LogP contribution is -2.44. The number of alkyl carbamates (subject to hydrolysis) is 1. The molecule has 0 unspecified atom stereocenters. The minimum Gasteiger partial charge on any atom is -0.480 e. The zero-order valence-electron chi connectivity index (χ0n) is 36.4. The monoisotopic (exact) mass is 822 g/mol. The Morgan fingerprint density at radius 1 is 0.552 bits per heavy atom. The molecule has 8 heteroatoms. The Morgan fingerprint density at radius 2 is 0.897 bits per heavy atom. The Labute approximate surface area is 355 Å². The van der Waals surface area contributed by atoms with Gasteiger partial charge >= 0.3 is 12.1 Å². The fourth-order valence-corrected chi connectivity index (χ4v) is 10.5. The Balaban J connectivity index is 1.46. The SMILES string of the molecule is CCCCCCCCCCCCCCCC(=O)[SH](C[C@H](NC(=O)OCC1c2ccccc2-c2ccccc21)C(=O)O)C(=O)CCCCCCCCCCCCCCC. The van der Waals surface area contributed by atoms with Gasteiger partial charge in [0, 0.05) is 24.5 Å². The van der Waals surface area contributed by atoms with Gasteiger partial charge in [-0.15, -0.1) is 10.9 Å². The van der Waals surface area contributed by atoms with Gasteiger partial charge in [0.05, 0.1) is 0 Å². The van der Waals surface area contributed by atoms with Crippen molar-refractivity contribution in [2.24, 2.45) is 0 Å². The summed E-state index contributed by atoms with van der Waals surface area (Å²) in [6, 6.07) is 14.7. The summed E-state index contributed by atoms with van der Waals surface area (Å²) in [5, 5.41) is 12.4. The molecular formula is C50H79NO6S. The number of carbonyl (C=O) groups is 4. The van der Waals surface area contributed by atoms with Crippen LogP contribution in [-0.4, -0.2) is 45.8 Å². The summed E-state index contributed by atoms with van der Waals surface area (Å²) in [5.74, 6) is -1.62. The first kappa shape index (κ1) is 49.2. The van der Waals surface area contributed by atoms with Crippen molar-refractivity contribution in [3.63, 3.8) is 0 Å². The van der Waals surface area contributed by atoms with Gasteiger partial charge in [-0.1, -0.05) is 216 Å². The molecule has 3 rings (SSSR count). The van der Waals surface area contributed by atoms with E-state index < -0.39 is 29.0 Å². The summed E-state index contributed by atoms with van der Waals surface area (Å²) in [5.41, 5.74) is 4.33. The first-order valence-corrected chi connectivity index (χ1v) is 25.1. The Kier molecular flexibility index (Phi) is 26.2. The third-order valence-corrected chi connectivity index (χ3v) is 14.3. The van der Waals surface area contributed by atoms with E-state index in [9.17, 15) is 24.3 Å². The Morgan fingerprint density at radius 3 is 1.26 bits per heavy atom. The van der Waals surface area contributed by atoms with Gasteiger partial charge in [-0.25, -0.2) is 9.59 Å². The predicted molar refractivity (Wildman–Crippen MR) is 244 cm³/mol. The molecule has 0 spiro atoms. The van der Waals surface area contributed by atoms with E-state index in [0.29, 0.717) is 12.8 Å². The van der Waals surface area contributed by atoms with Crippen LogP contribution in [0.25, 0.3) is 11.1 Å². The number of carboxylic acid groups (broad SMARTS) is 1. The molecule has 2 N–H and O–H groups in total. The number of ether oxygens (including phenoxy) is 1. The number of hydrogen-bond acceptors (Lipinski definition) is 5. The molecule has 326 valence electrons. The van der Waals surface area contributed by atoms with Gasteiger partial charge in [-0.05, 0) is 35.1 Å². The lowest BCUT2D eigenvalue weighted by atomic mass is 9.98. The van der Waals surface area contributed by atoms with E-state index in [2.05, 4.69) is 31.3 Å². The minimum atomic E-state index is -1.88. The number of nitrogens with one attached hydrogen (secondary N) is 1. The topological polar surface area (TPSA) is 110 Å². The van der Waals surface area contributed by atoms with Crippen LogP contribution in [0, 0.1) is 0 Å². The van der Waals surface area contributed by atoms with Crippen LogP contribution in [0.3, 0.4) is 0 Å². The molecule has 0 radical (unpaired) electrons. The average molecular weight is 822 g/mol. The van der Waals surface area contributed by atoms with Crippen molar-refractivity contribution in [3.05, 3.63) is 59.7 Å². The Bertz CT molecular complexity index is 1370. The smallest absolute Gasteiger partial charge is 0.407 e.